The van der Waals surface area contributed by atoms with Crippen molar-refractivity contribution in [2.24, 2.45) is 0 Å². The molecule has 1 N–H and O–H groups in total. The first-order valence-electron chi connectivity index (χ1n) is 6.73. The van der Waals surface area contributed by atoms with E-state index < -0.39 is 0 Å². The summed E-state index contributed by atoms with van der Waals surface area (Å²) in [6.45, 7) is 6.67. The lowest BCUT2D eigenvalue weighted by molar-refractivity contribution is -0.150. The van der Waals surface area contributed by atoms with Gasteiger partial charge in [0.25, 0.3) is 0 Å². The van der Waals surface area contributed by atoms with E-state index in [1.807, 2.05) is 13.8 Å². The summed E-state index contributed by atoms with van der Waals surface area (Å²) >= 11 is 0. The van der Waals surface area contributed by atoms with Crippen LogP contribution in [0.3, 0.4) is 0 Å². The van der Waals surface area contributed by atoms with E-state index in [2.05, 4.69) is 5.32 Å². The summed E-state index contributed by atoms with van der Waals surface area (Å²) in [5.41, 5.74) is 0. The van der Waals surface area contributed by atoms with Crippen LogP contribution in [0.2, 0.25) is 0 Å². The van der Waals surface area contributed by atoms with Crippen molar-refractivity contribution in [3.63, 3.8) is 0 Å². The van der Waals surface area contributed by atoms with E-state index in [0.29, 0.717) is 25.6 Å². The number of amides is 1. The zero-order chi connectivity index (χ0) is 13.5. The fourth-order valence-corrected chi connectivity index (χ4v) is 1.72. The van der Waals surface area contributed by atoms with Crippen LogP contribution in [-0.2, 0) is 14.3 Å². The summed E-state index contributed by atoms with van der Waals surface area (Å²) in [5.74, 6) is -0.332. The average molecular weight is 256 g/mol. The van der Waals surface area contributed by atoms with E-state index in [4.69, 9.17) is 4.74 Å². The number of carbonyl (C=O) groups excluding carboxylic acids is 2. The number of hydrogen-bond donors (Lipinski definition) is 1. The molecule has 0 spiro atoms. The smallest absolute Gasteiger partial charge is 0.325 e. The number of ether oxygens (including phenoxy) is 1. The summed E-state index contributed by atoms with van der Waals surface area (Å²) in [6, 6.07) is 0.623. The number of carbonyl (C=O) groups is 2. The van der Waals surface area contributed by atoms with Gasteiger partial charge in [0.05, 0.1) is 6.61 Å². The van der Waals surface area contributed by atoms with E-state index in [1.165, 1.54) is 12.8 Å². The SMILES string of the molecule is CCOC(=O)CN(C(=O)CCNC1CC1)C(C)C. The summed E-state index contributed by atoms with van der Waals surface area (Å²) in [5, 5.41) is 3.30. The molecule has 1 rings (SSSR count). The first kappa shape index (κ1) is 15.0. The molecule has 0 aliphatic heterocycles. The van der Waals surface area contributed by atoms with Crippen LogP contribution < -0.4 is 5.32 Å². The standard InChI is InChI=1S/C13H24N2O3/c1-4-18-13(17)9-15(10(2)3)12(16)7-8-14-11-5-6-11/h10-11,14H,4-9H2,1-3H3. The molecule has 0 bridgehead atoms. The lowest BCUT2D eigenvalue weighted by Gasteiger charge is -2.25. The Bertz CT molecular complexity index is 288. The first-order chi connectivity index (χ1) is 8.54. The number of esters is 1. The monoisotopic (exact) mass is 256 g/mol. The van der Waals surface area contributed by atoms with Crippen molar-refractivity contribution < 1.29 is 14.3 Å². The summed E-state index contributed by atoms with van der Waals surface area (Å²) in [4.78, 5) is 25.0. The van der Waals surface area contributed by atoms with Crippen molar-refractivity contribution in [1.29, 1.82) is 0 Å². The lowest BCUT2D eigenvalue weighted by atomic mass is 10.2. The van der Waals surface area contributed by atoms with Crippen molar-refractivity contribution in [1.82, 2.24) is 10.2 Å². The van der Waals surface area contributed by atoms with Gasteiger partial charge in [0, 0.05) is 25.0 Å². The van der Waals surface area contributed by atoms with Crippen LogP contribution >= 0.6 is 0 Å². The van der Waals surface area contributed by atoms with Gasteiger partial charge in [0.1, 0.15) is 6.54 Å². The largest absolute Gasteiger partial charge is 0.465 e. The minimum Gasteiger partial charge on any atom is -0.465 e. The quantitative estimate of drug-likeness (QED) is 0.656. The number of nitrogens with one attached hydrogen (secondary N) is 1. The first-order valence-corrected chi connectivity index (χ1v) is 6.73. The molecule has 0 heterocycles. The molecule has 18 heavy (non-hydrogen) atoms. The third-order valence-electron chi connectivity index (χ3n) is 2.90. The molecule has 104 valence electrons. The van der Waals surface area contributed by atoms with Gasteiger partial charge in [-0.2, -0.15) is 0 Å². The van der Waals surface area contributed by atoms with Crippen molar-refractivity contribution in [3.05, 3.63) is 0 Å². The predicted molar refractivity (Wildman–Crippen MR) is 69.1 cm³/mol. The molecule has 0 aromatic heterocycles. The van der Waals surface area contributed by atoms with Crippen molar-refractivity contribution in [2.75, 3.05) is 19.7 Å². The molecule has 0 unspecified atom stereocenters. The van der Waals surface area contributed by atoms with Gasteiger partial charge >= 0.3 is 5.97 Å². The normalized spacial score (nSPS) is 14.7. The Balaban J connectivity index is 2.33. The number of hydrogen-bond acceptors (Lipinski definition) is 4. The molecule has 1 amide bonds. The van der Waals surface area contributed by atoms with Crippen LogP contribution in [0.4, 0.5) is 0 Å². The summed E-state index contributed by atoms with van der Waals surface area (Å²) in [6.07, 6.45) is 2.86. The molecule has 0 aromatic rings. The van der Waals surface area contributed by atoms with Crippen molar-refractivity contribution in [3.8, 4) is 0 Å². The molecule has 0 saturated heterocycles. The Morgan fingerprint density at radius 3 is 2.56 bits per heavy atom. The topological polar surface area (TPSA) is 58.6 Å². The second-order valence-corrected chi connectivity index (χ2v) is 4.90. The Morgan fingerprint density at radius 1 is 1.39 bits per heavy atom. The van der Waals surface area contributed by atoms with Crippen LogP contribution in [0.25, 0.3) is 0 Å². The highest BCUT2D eigenvalue weighted by Gasteiger charge is 2.23. The molecular formula is C13H24N2O3. The molecule has 1 aliphatic carbocycles. The Hall–Kier alpha value is -1.10. The molecule has 5 nitrogen and oxygen atoms in total. The molecule has 1 saturated carbocycles. The molecular weight excluding hydrogens is 232 g/mol. The van der Waals surface area contributed by atoms with E-state index in [-0.39, 0.29) is 24.5 Å². The van der Waals surface area contributed by atoms with Gasteiger partial charge in [-0.1, -0.05) is 0 Å². The van der Waals surface area contributed by atoms with Crippen molar-refractivity contribution >= 4 is 11.9 Å². The van der Waals surface area contributed by atoms with Gasteiger partial charge < -0.3 is 15.0 Å². The maximum atomic E-state index is 12.0. The van der Waals surface area contributed by atoms with E-state index >= 15 is 0 Å². The average Bonchev–Trinajstić information content (AvgIpc) is 3.09. The third-order valence-corrected chi connectivity index (χ3v) is 2.90. The molecule has 0 aromatic carbocycles. The van der Waals surface area contributed by atoms with Gasteiger partial charge in [-0.25, -0.2) is 0 Å². The minimum atomic E-state index is -0.338. The Labute approximate surface area is 109 Å². The minimum absolute atomic E-state index is 0.00574. The van der Waals surface area contributed by atoms with Crippen LogP contribution in [0.1, 0.15) is 40.0 Å². The van der Waals surface area contributed by atoms with Crippen molar-refractivity contribution in [2.45, 2.75) is 52.1 Å². The predicted octanol–water partition coefficient (Wildman–Crippen LogP) is 0.929. The molecule has 0 radical (unpaired) electrons. The highest BCUT2D eigenvalue weighted by molar-refractivity contribution is 5.82. The Kier molecular flexibility index (Phi) is 6.12. The fourth-order valence-electron chi connectivity index (χ4n) is 1.72. The maximum absolute atomic E-state index is 12.0. The second kappa shape index (κ2) is 7.36. The fraction of sp³-hybridized carbons (Fsp3) is 0.846. The van der Waals surface area contributed by atoms with Gasteiger partial charge in [-0.15, -0.1) is 0 Å². The van der Waals surface area contributed by atoms with Gasteiger partial charge in [-0.3, -0.25) is 9.59 Å². The Morgan fingerprint density at radius 2 is 2.06 bits per heavy atom. The molecule has 1 aliphatic rings. The zero-order valence-corrected chi connectivity index (χ0v) is 11.6. The third kappa shape index (κ3) is 5.49. The van der Waals surface area contributed by atoms with Crippen LogP contribution in [0.5, 0.6) is 0 Å². The van der Waals surface area contributed by atoms with Gasteiger partial charge in [0.2, 0.25) is 5.91 Å². The van der Waals surface area contributed by atoms with Gasteiger partial charge in [0.15, 0.2) is 0 Å². The van der Waals surface area contributed by atoms with Gasteiger partial charge in [-0.05, 0) is 33.6 Å². The zero-order valence-electron chi connectivity index (χ0n) is 11.6. The molecule has 1 fully saturated rings. The highest BCUT2D eigenvalue weighted by atomic mass is 16.5. The van der Waals surface area contributed by atoms with Crippen LogP contribution in [0, 0.1) is 0 Å². The van der Waals surface area contributed by atoms with E-state index in [1.54, 1.807) is 11.8 Å². The molecule has 0 atom stereocenters. The van der Waals surface area contributed by atoms with E-state index in [0.717, 1.165) is 0 Å². The summed E-state index contributed by atoms with van der Waals surface area (Å²) < 4.78 is 4.88. The second-order valence-electron chi connectivity index (χ2n) is 4.90. The van der Waals surface area contributed by atoms with Crippen LogP contribution in [-0.4, -0.2) is 48.6 Å². The van der Waals surface area contributed by atoms with Crippen LogP contribution in [0.15, 0.2) is 0 Å². The van der Waals surface area contributed by atoms with E-state index in [9.17, 15) is 9.59 Å². The number of nitrogens with zero attached hydrogens (tertiary/aromatic N) is 1. The lowest BCUT2D eigenvalue weighted by Crippen LogP contribution is -2.42. The number of rotatable bonds is 8. The molecule has 5 heteroatoms. The maximum Gasteiger partial charge on any atom is 0.325 e. The summed E-state index contributed by atoms with van der Waals surface area (Å²) in [7, 11) is 0. The highest BCUT2D eigenvalue weighted by Crippen LogP contribution is 2.18.